The number of aromatic nitrogens is 3. The molecule has 2 aromatic rings. The summed E-state index contributed by atoms with van der Waals surface area (Å²) in [5, 5.41) is 15.3. The van der Waals surface area contributed by atoms with E-state index in [1.165, 1.54) is 0 Å². The summed E-state index contributed by atoms with van der Waals surface area (Å²) in [6.07, 6.45) is -1.97. The highest BCUT2D eigenvalue weighted by Gasteiger charge is 2.38. The number of nitrogens with zero attached hydrogens (tertiary/aromatic N) is 4. The number of aryl methyl sites for hydroxylation is 2. The SMILES string of the molecule is Cc1ccc(C)c(OC(C)C(=O)N2CCC(n3cc(CN)nn3)CC2)c1.O=C(O)C(F)(F)F. The summed E-state index contributed by atoms with van der Waals surface area (Å²) in [5.41, 5.74) is 8.54. The van der Waals surface area contributed by atoms with E-state index in [-0.39, 0.29) is 11.9 Å². The molecule has 0 radical (unpaired) electrons. The molecule has 0 aliphatic carbocycles. The van der Waals surface area contributed by atoms with Crippen LogP contribution in [-0.4, -0.2) is 62.2 Å². The van der Waals surface area contributed by atoms with Gasteiger partial charge in [0, 0.05) is 19.6 Å². The van der Waals surface area contributed by atoms with E-state index in [1.54, 1.807) is 0 Å². The fourth-order valence-electron chi connectivity index (χ4n) is 3.27. The number of carbonyl (C=O) groups is 2. The molecule has 0 bridgehead atoms. The molecule has 3 rings (SSSR count). The van der Waals surface area contributed by atoms with E-state index >= 15 is 0 Å². The van der Waals surface area contributed by atoms with Gasteiger partial charge >= 0.3 is 12.1 Å². The Morgan fingerprint density at radius 1 is 1.27 bits per heavy atom. The van der Waals surface area contributed by atoms with Crippen LogP contribution in [0.1, 0.15) is 42.6 Å². The van der Waals surface area contributed by atoms with Crippen LogP contribution >= 0.6 is 0 Å². The quantitative estimate of drug-likeness (QED) is 0.687. The third kappa shape index (κ3) is 7.45. The van der Waals surface area contributed by atoms with Gasteiger partial charge in [0.05, 0.1) is 17.9 Å². The summed E-state index contributed by atoms with van der Waals surface area (Å²) >= 11 is 0. The second-order valence-corrected chi connectivity index (χ2v) is 7.78. The van der Waals surface area contributed by atoms with Gasteiger partial charge in [-0.2, -0.15) is 13.2 Å². The first-order chi connectivity index (χ1) is 15.4. The lowest BCUT2D eigenvalue weighted by Crippen LogP contribution is -2.45. The van der Waals surface area contributed by atoms with E-state index in [9.17, 15) is 18.0 Å². The second-order valence-electron chi connectivity index (χ2n) is 7.78. The minimum Gasteiger partial charge on any atom is -0.481 e. The summed E-state index contributed by atoms with van der Waals surface area (Å²) in [6, 6.07) is 6.30. The lowest BCUT2D eigenvalue weighted by Gasteiger charge is -2.33. The summed E-state index contributed by atoms with van der Waals surface area (Å²) < 4.78 is 39.5. The Balaban J connectivity index is 0.000000479. The second kappa shape index (κ2) is 11.1. The number of amides is 1. The Kier molecular flexibility index (Phi) is 8.80. The summed E-state index contributed by atoms with van der Waals surface area (Å²) in [5.74, 6) is -1.95. The number of carboxylic acid groups (broad SMARTS) is 1. The number of hydrogen-bond donors (Lipinski definition) is 2. The zero-order valence-electron chi connectivity index (χ0n) is 18.7. The number of piperidine rings is 1. The Morgan fingerprint density at radius 3 is 2.39 bits per heavy atom. The lowest BCUT2D eigenvalue weighted by molar-refractivity contribution is -0.192. The molecule has 33 heavy (non-hydrogen) atoms. The predicted molar refractivity (Wildman–Crippen MR) is 112 cm³/mol. The molecule has 2 heterocycles. The van der Waals surface area contributed by atoms with Gasteiger partial charge in [0.2, 0.25) is 0 Å². The zero-order chi connectivity index (χ0) is 24.8. The molecule has 1 unspecified atom stereocenters. The topological polar surface area (TPSA) is 124 Å². The fraction of sp³-hybridized carbons (Fsp3) is 0.524. The van der Waals surface area contributed by atoms with Gasteiger partial charge in [-0.3, -0.25) is 4.79 Å². The monoisotopic (exact) mass is 471 g/mol. The molecule has 1 fully saturated rings. The fourth-order valence-corrected chi connectivity index (χ4v) is 3.27. The summed E-state index contributed by atoms with van der Waals surface area (Å²) in [4.78, 5) is 23.5. The molecule has 1 aliphatic rings. The molecule has 1 atom stereocenters. The first-order valence-corrected chi connectivity index (χ1v) is 10.4. The lowest BCUT2D eigenvalue weighted by atomic mass is 10.0. The Hall–Kier alpha value is -3.15. The smallest absolute Gasteiger partial charge is 0.481 e. The first kappa shape index (κ1) is 26.1. The van der Waals surface area contributed by atoms with Crippen molar-refractivity contribution in [2.24, 2.45) is 5.73 Å². The number of ether oxygens (including phenoxy) is 1. The Bertz CT molecular complexity index is 956. The predicted octanol–water partition coefficient (Wildman–Crippen LogP) is 2.62. The van der Waals surface area contributed by atoms with Crippen molar-refractivity contribution in [3.63, 3.8) is 0 Å². The van der Waals surface area contributed by atoms with Crippen molar-refractivity contribution in [1.82, 2.24) is 19.9 Å². The minimum atomic E-state index is -5.08. The number of hydrogen-bond acceptors (Lipinski definition) is 6. The molecule has 1 aliphatic heterocycles. The van der Waals surface area contributed by atoms with Crippen molar-refractivity contribution >= 4 is 11.9 Å². The number of likely N-dealkylation sites (tertiary alicyclic amines) is 1. The Morgan fingerprint density at radius 2 is 1.88 bits per heavy atom. The standard InChI is InChI=1S/C19H27N5O2.C2HF3O2/c1-13-4-5-14(2)18(10-13)26-15(3)19(25)23-8-6-17(7-9-23)24-12-16(11-20)21-22-24;3-2(4,5)1(6)7/h4-5,10,12,15,17H,6-9,11,20H2,1-3H3;(H,6,7). The highest BCUT2D eigenvalue weighted by molar-refractivity contribution is 5.81. The highest BCUT2D eigenvalue weighted by Crippen LogP contribution is 2.24. The van der Waals surface area contributed by atoms with Gasteiger partial charge in [-0.1, -0.05) is 17.3 Å². The van der Waals surface area contributed by atoms with Crippen molar-refractivity contribution in [3.05, 3.63) is 41.2 Å². The van der Waals surface area contributed by atoms with E-state index < -0.39 is 18.2 Å². The molecule has 9 nitrogen and oxygen atoms in total. The van der Waals surface area contributed by atoms with Crippen LogP contribution < -0.4 is 10.5 Å². The summed E-state index contributed by atoms with van der Waals surface area (Å²) in [7, 11) is 0. The molecular weight excluding hydrogens is 443 g/mol. The number of benzene rings is 1. The molecular formula is C21H28F3N5O4. The molecule has 1 aromatic heterocycles. The largest absolute Gasteiger partial charge is 0.490 e. The van der Waals surface area contributed by atoms with Gasteiger partial charge in [0.25, 0.3) is 5.91 Å². The van der Waals surface area contributed by atoms with Crippen molar-refractivity contribution in [2.75, 3.05) is 13.1 Å². The van der Waals surface area contributed by atoms with Gasteiger partial charge in [-0.05, 0) is 50.8 Å². The van der Waals surface area contributed by atoms with Gasteiger partial charge in [-0.25, -0.2) is 9.48 Å². The van der Waals surface area contributed by atoms with Crippen LogP contribution in [0.15, 0.2) is 24.4 Å². The third-order valence-corrected chi connectivity index (χ3v) is 5.15. The van der Waals surface area contributed by atoms with E-state index in [4.69, 9.17) is 20.4 Å². The van der Waals surface area contributed by atoms with Crippen LogP contribution in [0.3, 0.4) is 0 Å². The average Bonchev–Trinajstić information content (AvgIpc) is 3.25. The first-order valence-electron chi connectivity index (χ1n) is 10.4. The van der Waals surface area contributed by atoms with Gasteiger partial charge in [-0.15, -0.1) is 5.10 Å². The Labute approximate surface area is 189 Å². The van der Waals surface area contributed by atoms with Crippen LogP contribution in [0, 0.1) is 13.8 Å². The molecule has 1 amide bonds. The van der Waals surface area contributed by atoms with Crippen LogP contribution in [0.5, 0.6) is 5.75 Å². The normalized spacial score (nSPS) is 15.4. The van der Waals surface area contributed by atoms with Gasteiger partial charge < -0.3 is 20.5 Å². The molecule has 182 valence electrons. The van der Waals surface area contributed by atoms with Crippen LogP contribution in [0.25, 0.3) is 0 Å². The van der Waals surface area contributed by atoms with Gasteiger partial charge in [0.15, 0.2) is 6.10 Å². The molecule has 3 N–H and O–H groups in total. The number of alkyl halides is 3. The van der Waals surface area contributed by atoms with Crippen LogP contribution in [-0.2, 0) is 16.1 Å². The zero-order valence-corrected chi connectivity index (χ0v) is 18.7. The molecule has 1 aromatic carbocycles. The van der Waals surface area contributed by atoms with E-state index in [2.05, 4.69) is 10.3 Å². The number of aliphatic carboxylic acids is 1. The maximum absolute atomic E-state index is 12.7. The maximum atomic E-state index is 12.7. The molecule has 1 saturated heterocycles. The third-order valence-electron chi connectivity index (χ3n) is 5.15. The summed E-state index contributed by atoms with van der Waals surface area (Å²) in [6.45, 7) is 7.62. The highest BCUT2D eigenvalue weighted by atomic mass is 19.4. The van der Waals surface area contributed by atoms with E-state index in [0.29, 0.717) is 19.6 Å². The maximum Gasteiger partial charge on any atom is 0.490 e. The average molecular weight is 471 g/mol. The van der Waals surface area contributed by atoms with Crippen molar-refractivity contribution in [2.45, 2.75) is 58.5 Å². The van der Waals surface area contributed by atoms with Crippen molar-refractivity contribution < 1.29 is 32.6 Å². The molecule has 0 saturated carbocycles. The van der Waals surface area contributed by atoms with E-state index in [1.807, 2.05) is 54.7 Å². The molecule has 12 heteroatoms. The van der Waals surface area contributed by atoms with Crippen molar-refractivity contribution in [3.8, 4) is 5.75 Å². The number of carboxylic acids is 1. The van der Waals surface area contributed by atoms with Crippen molar-refractivity contribution in [1.29, 1.82) is 0 Å². The molecule has 0 spiro atoms. The van der Waals surface area contributed by atoms with Crippen LogP contribution in [0.2, 0.25) is 0 Å². The van der Waals surface area contributed by atoms with E-state index in [0.717, 1.165) is 35.4 Å². The van der Waals surface area contributed by atoms with Crippen LogP contribution in [0.4, 0.5) is 13.2 Å². The number of nitrogens with two attached hydrogens (primary N) is 1. The number of rotatable bonds is 5. The number of halogens is 3. The van der Waals surface area contributed by atoms with Gasteiger partial charge in [0.1, 0.15) is 5.75 Å². The minimum absolute atomic E-state index is 0.0330. The number of carbonyl (C=O) groups excluding carboxylic acids is 1.